The molecule has 0 spiro atoms. The van der Waals surface area contributed by atoms with Crippen molar-refractivity contribution in [2.24, 2.45) is 0 Å². The summed E-state index contributed by atoms with van der Waals surface area (Å²) < 4.78 is 22.5. The highest BCUT2D eigenvalue weighted by Crippen LogP contribution is 2.46. The summed E-state index contributed by atoms with van der Waals surface area (Å²) in [5, 5.41) is 4.60. The number of amides is 2. The van der Waals surface area contributed by atoms with Gasteiger partial charge in [0.15, 0.2) is 11.5 Å². The summed E-state index contributed by atoms with van der Waals surface area (Å²) in [5.74, 6) is 0.859. The van der Waals surface area contributed by atoms with Gasteiger partial charge in [0.25, 0.3) is 5.91 Å². The number of rotatable bonds is 7. The number of ether oxygens (including phenoxy) is 4. The number of anilines is 1. The third kappa shape index (κ3) is 4.74. The number of carbonyl (C=O) groups excluding carboxylic acids is 2. The predicted molar refractivity (Wildman–Crippen MR) is 148 cm³/mol. The fraction of sp³-hybridized carbons (Fsp3) is 0.296. The van der Waals surface area contributed by atoms with Crippen molar-refractivity contribution in [3.8, 4) is 27.8 Å². The average Bonchev–Trinajstić information content (AvgIpc) is 3.52. The molecule has 3 heterocycles. The summed E-state index contributed by atoms with van der Waals surface area (Å²) in [7, 11) is 4.53. The van der Waals surface area contributed by atoms with Gasteiger partial charge in [0.05, 0.1) is 44.7 Å². The molecule has 2 amide bonds. The molecule has 5 rings (SSSR count). The molecule has 11 heteroatoms. The molecule has 1 aliphatic heterocycles. The molecule has 0 bridgehead atoms. The lowest BCUT2D eigenvalue weighted by Gasteiger charge is -2.26. The van der Waals surface area contributed by atoms with Crippen LogP contribution in [0, 0.1) is 0 Å². The standard InChI is InChI=1S/C27H27N3O6S2/c1-5-36-27(32)30-11-10-16-21(14-30)38-26(22(16)25-28-17-8-6-7-9-20(17)37-25)29-24(31)15-12-18(33-2)23(35-4)19(13-15)34-3/h6-9,12-13H,5,10-11,14H2,1-4H3,(H,29,31). The summed E-state index contributed by atoms with van der Waals surface area (Å²) in [5.41, 5.74) is 3.25. The van der Waals surface area contributed by atoms with Crippen molar-refractivity contribution in [1.29, 1.82) is 0 Å². The summed E-state index contributed by atoms with van der Waals surface area (Å²) in [6, 6.07) is 11.2. The fourth-order valence-electron chi connectivity index (χ4n) is 4.46. The zero-order valence-electron chi connectivity index (χ0n) is 21.5. The molecule has 0 fully saturated rings. The molecule has 2 aromatic carbocycles. The van der Waals surface area contributed by atoms with Gasteiger partial charge in [0.2, 0.25) is 5.75 Å². The third-order valence-corrected chi connectivity index (χ3v) is 8.43. The molecule has 0 aliphatic carbocycles. The number of para-hydroxylation sites is 1. The molecule has 0 unspecified atom stereocenters. The number of carbonyl (C=O) groups is 2. The predicted octanol–water partition coefficient (Wildman–Crippen LogP) is 5.82. The van der Waals surface area contributed by atoms with Crippen LogP contribution in [-0.2, 0) is 17.7 Å². The summed E-state index contributed by atoms with van der Waals surface area (Å²) in [6.07, 6.45) is 0.298. The molecule has 1 N–H and O–H groups in total. The fourth-order valence-corrected chi connectivity index (χ4v) is 6.82. The van der Waals surface area contributed by atoms with Gasteiger partial charge in [-0.1, -0.05) is 12.1 Å². The highest BCUT2D eigenvalue weighted by Gasteiger charge is 2.30. The Kier molecular flexibility index (Phi) is 7.39. The number of aromatic nitrogens is 1. The smallest absolute Gasteiger partial charge is 0.410 e. The second-order valence-electron chi connectivity index (χ2n) is 8.43. The quantitative estimate of drug-likeness (QED) is 0.308. The molecule has 0 saturated carbocycles. The second kappa shape index (κ2) is 10.9. The van der Waals surface area contributed by atoms with Crippen molar-refractivity contribution in [3.63, 3.8) is 0 Å². The Bertz CT molecular complexity index is 1450. The number of benzene rings is 2. The van der Waals surface area contributed by atoms with Crippen LogP contribution in [0.15, 0.2) is 36.4 Å². The molecule has 0 saturated heterocycles. The number of hydrogen-bond donors (Lipinski definition) is 1. The van der Waals surface area contributed by atoms with Crippen molar-refractivity contribution < 1.29 is 28.5 Å². The molecule has 9 nitrogen and oxygen atoms in total. The van der Waals surface area contributed by atoms with Crippen LogP contribution in [0.5, 0.6) is 17.2 Å². The first kappa shape index (κ1) is 25.8. The molecule has 0 atom stereocenters. The van der Waals surface area contributed by atoms with Gasteiger partial charge in [0, 0.05) is 22.5 Å². The van der Waals surface area contributed by atoms with Crippen molar-refractivity contribution >= 4 is 49.9 Å². The first-order valence-corrected chi connectivity index (χ1v) is 13.6. The van der Waals surface area contributed by atoms with Crippen LogP contribution in [0.2, 0.25) is 0 Å². The van der Waals surface area contributed by atoms with Crippen LogP contribution >= 0.6 is 22.7 Å². The van der Waals surface area contributed by atoms with Gasteiger partial charge in [-0.2, -0.15) is 0 Å². The van der Waals surface area contributed by atoms with Gasteiger partial charge in [-0.15, -0.1) is 22.7 Å². The van der Waals surface area contributed by atoms with E-state index in [-0.39, 0.29) is 12.0 Å². The van der Waals surface area contributed by atoms with E-state index in [1.165, 1.54) is 32.7 Å². The molecule has 4 aromatic rings. The average molecular weight is 554 g/mol. The van der Waals surface area contributed by atoms with E-state index in [9.17, 15) is 9.59 Å². The summed E-state index contributed by atoms with van der Waals surface area (Å²) in [6.45, 7) is 3.05. The minimum Gasteiger partial charge on any atom is -0.493 e. The van der Waals surface area contributed by atoms with Crippen LogP contribution in [-0.4, -0.2) is 56.4 Å². The van der Waals surface area contributed by atoms with Crippen LogP contribution in [0.4, 0.5) is 9.80 Å². The largest absolute Gasteiger partial charge is 0.493 e. The lowest BCUT2D eigenvalue weighted by molar-refractivity contribution is 0.102. The molecular weight excluding hydrogens is 526 g/mol. The number of thiazole rings is 1. The van der Waals surface area contributed by atoms with Gasteiger partial charge >= 0.3 is 6.09 Å². The second-order valence-corrected chi connectivity index (χ2v) is 10.6. The Morgan fingerprint density at radius 1 is 1.05 bits per heavy atom. The van der Waals surface area contributed by atoms with Crippen LogP contribution < -0.4 is 19.5 Å². The summed E-state index contributed by atoms with van der Waals surface area (Å²) in [4.78, 5) is 33.5. The van der Waals surface area contributed by atoms with Crippen LogP contribution in [0.1, 0.15) is 27.7 Å². The summed E-state index contributed by atoms with van der Waals surface area (Å²) >= 11 is 3.03. The maximum absolute atomic E-state index is 13.5. The number of nitrogens with zero attached hydrogens (tertiary/aromatic N) is 2. The van der Waals surface area contributed by atoms with Gasteiger partial charge in [-0.3, -0.25) is 4.79 Å². The molecule has 198 valence electrons. The Balaban J connectivity index is 1.56. The van der Waals surface area contributed by atoms with Gasteiger partial charge in [-0.25, -0.2) is 9.78 Å². The van der Waals surface area contributed by atoms with E-state index in [0.29, 0.717) is 53.9 Å². The highest BCUT2D eigenvalue weighted by molar-refractivity contribution is 7.23. The molecule has 0 radical (unpaired) electrons. The third-order valence-electron chi connectivity index (χ3n) is 6.24. The molecular formula is C27H27N3O6S2. The maximum atomic E-state index is 13.5. The normalized spacial score (nSPS) is 12.7. The Labute approximate surface area is 227 Å². The van der Waals surface area contributed by atoms with Crippen molar-refractivity contribution in [1.82, 2.24) is 9.88 Å². The first-order chi connectivity index (χ1) is 18.5. The highest BCUT2D eigenvalue weighted by atomic mass is 32.1. The number of hydrogen-bond acceptors (Lipinski definition) is 9. The van der Waals surface area contributed by atoms with Crippen LogP contribution in [0.3, 0.4) is 0 Å². The van der Waals surface area contributed by atoms with E-state index in [1.807, 2.05) is 24.3 Å². The zero-order valence-corrected chi connectivity index (χ0v) is 23.1. The van der Waals surface area contributed by atoms with E-state index >= 15 is 0 Å². The van der Waals surface area contributed by atoms with E-state index < -0.39 is 0 Å². The van der Waals surface area contributed by atoms with Gasteiger partial charge in [0.1, 0.15) is 10.0 Å². The van der Waals surface area contributed by atoms with Gasteiger partial charge in [-0.05, 0) is 43.2 Å². The Morgan fingerprint density at radius 2 is 1.79 bits per heavy atom. The Morgan fingerprint density at radius 3 is 2.45 bits per heavy atom. The molecule has 1 aliphatic rings. The minimum atomic E-state index is -0.337. The van der Waals surface area contributed by atoms with Crippen molar-refractivity contribution in [3.05, 3.63) is 52.4 Å². The maximum Gasteiger partial charge on any atom is 0.410 e. The monoisotopic (exact) mass is 553 g/mol. The SMILES string of the molecule is CCOC(=O)N1CCc2c(sc(NC(=O)c3cc(OC)c(OC)c(OC)c3)c2-c2nc3ccccc3s2)C1. The lowest BCUT2D eigenvalue weighted by Crippen LogP contribution is -2.35. The zero-order chi connectivity index (χ0) is 26.8. The number of nitrogens with one attached hydrogen (secondary N) is 1. The number of methoxy groups -OCH3 is 3. The van der Waals surface area contributed by atoms with Gasteiger partial charge < -0.3 is 29.2 Å². The lowest BCUT2D eigenvalue weighted by atomic mass is 10.0. The minimum absolute atomic E-state index is 0.319. The van der Waals surface area contributed by atoms with Crippen LogP contribution in [0.25, 0.3) is 20.8 Å². The molecule has 2 aromatic heterocycles. The topological polar surface area (TPSA) is 99.2 Å². The van der Waals surface area contributed by atoms with Crippen molar-refractivity contribution in [2.75, 3.05) is 39.8 Å². The van der Waals surface area contributed by atoms with E-state index in [2.05, 4.69) is 5.32 Å². The van der Waals surface area contributed by atoms with E-state index in [1.54, 1.807) is 35.3 Å². The van der Waals surface area contributed by atoms with E-state index in [0.717, 1.165) is 31.2 Å². The van der Waals surface area contributed by atoms with Crippen molar-refractivity contribution in [2.45, 2.75) is 19.9 Å². The number of thiophene rings is 1. The first-order valence-electron chi connectivity index (χ1n) is 12.0. The number of fused-ring (bicyclic) bond motifs is 2. The Hall–Kier alpha value is -3.83. The van der Waals surface area contributed by atoms with E-state index in [4.69, 9.17) is 23.9 Å². The molecule has 38 heavy (non-hydrogen) atoms.